The number of nitrogens with one attached hydrogen (secondary N) is 1. The maximum atomic E-state index is 12.9. The van der Waals surface area contributed by atoms with Gasteiger partial charge in [0.05, 0.1) is 6.04 Å². The number of rotatable bonds is 2. The number of nitrogens with zero attached hydrogens (tertiary/aromatic N) is 1. The molecule has 0 aromatic heterocycles. The van der Waals surface area contributed by atoms with Gasteiger partial charge in [-0.1, -0.05) is 42.8 Å². The molecule has 0 bridgehead atoms. The summed E-state index contributed by atoms with van der Waals surface area (Å²) in [4.78, 5) is 26.4. The van der Waals surface area contributed by atoms with Crippen LogP contribution in [0.1, 0.15) is 51.1 Å². The Kier molecular flexibility index (Phi) is 4.38. The molecule has 2 aromatic carbocycles. The second kappa shape index (κ2) is 6.72. The summed E-state index contributed by atoms with van der Waals surface area (Å²) < 4.78 is 0. The first kappa shape index (κ1) is 17.6. The molecule has 0 unspecified atom stereocenters. The van der Waals surface area contributed by atoms with E-state index < -0.39 is 5.91 Å². The van der Waals surface area contributed by atoms with Crippen LogP contribution in [-0.2, 0) is 19.4 Å². The van der Waals surface area contributed by atoms with Gasteiger partial charge in [0.15, 0.2) is 0 Å². The number of nitrogens with two attached hydrogens (primary N) is 1. The van der Waals surface area contributed by atoms with Gasteiger partial charge in [0.2, 0.25) is 5.91 Å². The number of urea groups is 1. The molecule has 1 aliphatic carbocycles. The Morgan fingerprint density at radius 2 is 2.00 bits per heavy atom. The van der Waals surface area contributed by atoms with E-state index in [-0.39, 0.29) is 12.1 Å². The van der Waals surface area contributed by atoms with Gasteiger partial charge in [0, 0.05) is 18.7 Å². The summed E-state index contributed by atoms with van der Waals surface area (Å²) in [6.07, 6.45) is 1.64. The van der Waals surface area contributed by atoms with Crippen LogP contribution in [-0.4, -0.2) is 23.4 Å². The van der Waals surface area contributed by atoms with Crippen LogP contribution in [0, 0.1) is 12.8 Å². The van der Waals surface area contributed by atoms with Crippen molar-refractivity contribution >= 4 is 11.9 Å². The molecule has 140 valence electrons. The van der Waals surface area contributed by atoms with E-state index in [0.717, 1.165) is 17.5 Å². The summed E-state index contributed by atoms with van der Waals surface area (Å²) in [5, 5.41) is 3.25. The zero-order chi connectivity index (χ0) is 19.1. The first-order chi connectivity index (χ1) is 12.9. The number of carbonyl (C=O) groups is 2. The number of fused-ring (bicyclic) bond motifs is 2. The second-order valence-electron chi connectivity index (χ2n) is 7.79. The highest BCUT2D eigenvalue weighted by Crippen LogP contribution is 2.36. The third-order valence-corrected chi connectivity index (χ3v) is 5.84. The number of aryl methyl sites for hydroxylation is 1. The molecule has 2 aromatic rings. The van der Waals surface area contributed by atoms with E-state index in [4.69, 9.17) is 5.73 Å². The first-order valence-corrected chi connectivity index (χ1v) is 9.49. The smallest absolute Gasteiger partial charge is 0.318 e. The fraction of sp³-hybridized carbons (Fsp3) is 0.364. The van der Waals surface area contributed by atoms with E-state index in [0.29, 0.717) is 31.0 Å². The number of benzene rings is 2. The maximum Gasteiger partial charge on any atom is 0.318 e. The largest absolute Gasteiger partial charge is 0.366 e. The second-order valence-corrected chi connectivity index (χ2v) is 7.79. The van der Waals surface area contributed by atoms with E-state index in [1.807, 2.05) is 17.0 Å². The molecule has 0 saturated heterocycles. The molecule has 5 heteroatoms. The highest BCUT2D eigenvalue weighted by atomic mass is 16.2. The van der Waals surface area contributed by atoms with Crippen LogP contribution < -0.4 is 11.1 Å². The predicted octanol–water partition coefficient (Wildman–Crippen LogP) is 3.10. The molecule has 2 atom stereocenters. The topological polar surface area (TPSA) is 75.4 Å². The van der Waals surface area contributed by atoms with Crippen LogP contribution in [0.3, 0.4) is 0 Å². The monoisotopic (exact) mass is 363 g/mol. The molecule has 0 spiro atoms. The number of hydrogen-bond donors (Lipinski definition) is 2. The van der Waals surface area contributed by atoms with Gasteiger partial charge in [-0.3, -0.25) is 4.79 Å². The van der Waals surface area contributed by atoms with Crippen LogP contribution in [0.2, 0.25) is 0 Å². The molecule has 0 saturated carbocycles. The lowest BCUT2D eigenvalue weighted by molar-refractivity contribution is 0.0998. The van der Waals surface area contributed by atoms with Crippen molar-refractivity contribution in [3.63, 3.8) is 0 Å². The lowest BCUT2D eigenvalue weighted by Crippen LogP contribution is -2.45. The Labute approximate surface area is 159 Å². The molecule has 2 aliphatic rings. The molecule has 0 radical (unpaired) electrons. The molecule has 3 amide bonds. The van der Waals surface area contributed by atoms with Crippen LogP contribution in [0.15, 0.2) is 36.4 Å². The highest BCUT2D eigenvalue weighted by Gasteiger charge is 2.32. The molecule has 1 heterocycles. The summed E-state index contributed by atoms with van der Waals surface area (Å²) >= 11 is 0. The minimum absolute atomic E-state index is 0.0451. The summed E-state index contributed by atoms with van der Waals surface area (Å²) in [5.41, 5.74) is 11.8. The average Bonchev–Trinajstić information content (AvgIpc) is 2.95. The van der Waals surface area contributed by atoms with Crippen molar-refractivity contribution in [3.8, 4) is 0 Å². The summed E-state index contributed by atoms with van der Waals surface area (Å²) in [7, 11) is 0. The Morgan fingerprint density at radius 3 is 2.78 bits per heavy atom. The molecule has 5 nitrogen and oxygen atoms in total. The zero-order valence-electron chi connectivity index (χ0n) is 15.8. The minimum Gasteiger partial charge on any atom is -0.366 e. The van der Waals surface area contributed by atoms with Crippen molar-refractivity contribution in [2.75, 3.05) is 6.54 Å². The number of primary amides is 1. The van der Waals surface area contributed by atoms with E-state index in [1.165, 1.54) is 16.7 Å². The minimum atomic E-state index is -0.406. The maximum absolute atomic E-state index is 12.9. The van der Waals surface area contributed by atoms with Crippen molar-refractivity contribution in [2.24, 2.45) is 11.7 Å². The molecule has 4 rings (SSSR count). The van der Waals surface area contributed by atoms with Crippen molar-refractivity contribution in [1.82, 2.24) is 10.2 Å². The fourth-order valence-electron chi connectivity index (χ4n) is 4.42. The van der Waals surface area contributed by atoms with Gasteiger partial charge in [-0.15, -0.1) is 0 Å². The lowest BCUT2D eigenvalue weighted by atomic mass is 9.94. The molecule has 1 aliphatic heterocycles. The Bertz CT molecular complexity index is 922. The standard InChI is InChI=1S/C22H25N3O2/c1-13-6-7-15-11-14(2)20(19(15)10-13)24-22(27)25-9-8-17-16(12-25)4-3-5-18(17)21(23)26/h3-7,10,14,20H,8-9,11-12H2,1-2H3,(H2,23,26)(H,24,27)/t14-,20+/m1/s1. The summed E-state index contributed by atoms with van der Waals surface area (Å²) in [5.74, 6) is -0.0270. The SMILES string of the molecule is Cc1ccc2c(c1)[C@@H](NC(=O)N1CCc3c(cccc3C(N)=O)C1)[C@H](C)C2. The quantitative estimate of drug-likeness (QED) is 0.860. The number of amides is 3. The van der Waals surface area contributed by atoms with Crippen molar-refractivity contribution in [1.29, 1.82) is 0 Å². The number of carbonyl (C=O) groups excluding carboxylic acids is 2. The van der Waals surface area contributed by atoms with Gasteiger partial charge in [0.25, 0.3) is 0 Å². The van der Waals surface area contributed by atoms with E-state index >= 15 is 0 Å². The normalized spacial score (nSPS) is 20.7. The first-order valence-electron chi connectivity index (χ1n) is 9.49. The Hall–Kier alpha value is -2.82. The fourth-order valence-corrected chi connectivity index (χ4v) is 4.42. The van der Waals surface area contributed by atoms with E-state index in [1.54, 1.807) is 6.07 Å². The highest BCUT2D eigenvalue weighted by molar-refractivity contribution is 5.94. The average molecular weight is 363 g/mol. The van der Waals surface area contributed by atoms with Crippen molar-refractivity contribution in [3.05, 3.63) is 69.8 Å². The van der Waals surface area contributed by atoms with Crippen LogP contribution in [0.5, 0.6) is 0 Å². The lowest BCUT2D eigenvalue weighted by Gasteiger charge is -2.31. The number of hydrogen-bond acceptors (Lipinski definition) is 2. The molecule has 0 fully saturated rings. The summed E-state index contributed by atoms with van der Waals surface area (Å²) in [6, 6.07) is 12.1. The van der Waals surface area contributed by atoms with E-state index in [9.17, 15) is 9.59 Å². The summed E-state index contributed by atoms with van der Waals surface area (Å²) in [6.45, 7) is 5.36. The van der Waals surface area contributed by atoms with Gasteiger partial charge in [-0.25, -0.2) is 4.79 Å². The van der Waals surface area contributed by atoms with Crippen LogP contribution in [0.4, 0.5) is 4.79 Å². The molecular weight excluding hydrogens is 338 g/mol. The van der Waals surface area contributed by atoms with Gasteiger partial charge >= 0.3 is 6.03 Å². The van der Waals surface area contributed by atoms with Crippen LogP contribution in [0.25, 0.3) is 0 Å². The van der Waals surface area contributed by atoms with E-state index in [2.05, 4.69) is 37.4 Å². The van der Waals surface area contributed by atoms with Gasteiger partial charge in [-0.2, -0.15) is 0 Å². The zero-order valence-corrected chi connectivity index (χ0v) is 15.8. The third-order valence-electron chi connectivity index (χ3n) is 5.84. The Balaban J connectivity index is 1.52. The predicted molar refractivity (Wildman–Crippen MR) is 104 cm³/mol. The van der Waals surface area contributed by atoms with Gasteiger partial charge in [0.1, 0.15) is 0 Å². The van der Waals surface area contributed by atoms with Crippen LogP contribution >= 0.6 is 0 Å². The third kappa shape index (κ3) is 3.18. The molecule has 27 heavy (non-hydrogen) atoms. The molecular formula is C22H25N3O2. The van der Waals surface area contributed by atoms with Gasteiger partial charge < -0.3 is 16.0 Å². The molecule has 3 N–H and O–H groups in total. The van der Waals surface area contributed by atoms with Crippen molar-refractivity contribution in [2.45, 2.75) is 39.3 Å². The van der Waals surface area contributed by atoms with Crippen molar-refractivity contribution < 1.29 is 9.59 Å². The Morgan fingerprint density at radius 1 is 1.19 bits per heavy atom. The van der Waals surface area contributed by atoms with Gasteiger partial charge in [-0.05, 0) is 54.0 Å².